The van der Waals surface area contributed by atoms with E-state index < -0.39 is 0 Å². The lowest BCUT2D eigenvalue weighted by Gasteiger charge is -2.40. The van der Waals surface area contributed by atoms with Crippen molar-refractivity contribution in [2.24, 2.45) is 5.41 Å². The van der Waals surface area contributed by atoms with E-state index >= 15 is 0 Å². The zero-order valence-corrected chi connectivity index (χ0v) is 14.8. The second kappa shape index (κ2) is 6.40. The van der Waals surface area contributed by atoms with Crippen LogP contribution in [0.25, 0.3) is 0 Å². The molecule has 2 heterocycles. The Balaban J connectivity index is 1.63. The summed E-state index contributed by atoms with van der Waals surface area (Å²) in [6, 6.07) is 2.70. The van der Waals surface area contributed by atoms with Gasteiger partial charge in [-0.25, -0.2) is 0 Å². The number of aromatic nitrogens is 1. The molecule has 1 aromatic heterocycles. The van der Waals surface area contributed by atoms with Gasteiger partial charge in [0.2, 0.25) is 0 Å². The molecular formula is C19H30N2O2. The Morgan fingerprint density at radius 1 is 1.30 bits per heavy atom. The Hall–Kier alpha value is -1.13. The number of carbonyl (C=O) groups excluding carboxylic acids is 1. The molecule has 1 N–H and O–H groups in total. The lowest BCUT2D eigenvalue weighted by molar-refractivity contribution is 0.0400. The van der Waals surface area contributed by atoms with E-state index in [2.05, 4.69) is 36.3 Å². The highest BCUT2D eigenvalue weighted by Gasteiger charge is 2.33. The van der Waals surface area contributed by atoms with E-state index in [1.807, 2.05) is 0 Å². The molecule has 0 radical (unpaired) electrons. The molecule has 3 rings (SSSR count). The molecule has 4 heteroatoms. The van der Waals surface area contributed by atoms with Gasteiger partial charge in [-0.3, -0.25) is 9.69 Å². The van der Waals surface area contributed by atoms with Gasteiger partial charge in [0.25, 0.3) is 0 Å². The van der Waals surface area contributed by atoms with Gasteiger partial charge in [0, 0.05) is 29.6 Å². The van der Waals surface area contributed by atoms with Gasteiger partial charge in [0.05, 0.1) is 6.54 Å². The van der Waals surface area contributed by atoms with Crippen molar-refractivity contribution in [2.45, 2.75) is 58.9 Å². The minimum Gasteiger partial charge on any atom is -0.396 e. The number of hydrogen-bond acceptors (Lipinski definition) is 3. The minimum atomic E-state index is 0.0847. The summed E-state index contributed by atoms with van der Waals surface area (Å²) in [5.41, 5.74) is 3.35. The number of hydrogen-bond donors (Lipinski definition) is 1. The van der Waals surface area contributed by atoms with Crippen LogP contribution in [0.4, 0.5) is 0 Å². The summed E-state index contributed by atoms with van der Waals surface area (Å²) in [4.78, 5) is 15.0. The maximum atomic E-state index is 12.7. The van der Waals surface area contributed by atoms with Gasteiger partial charge in [0.1, 0.15) is 0 Å². The SMILES string of the molecule is CCC1(CO)CCN(CC(=O)c2cc(C)n(C3CC3)c2C)CC1. The van der Waals surface area contributed by atoms with Gasteiger partial charge in [-0.1, -0.05) is 6.92 Å². The lowest BCUT2D eigenvalue weighted by atomic mass is 9.77. The second-order valence-electron chi connectivity index (χ2n) is 7.60. The normalized spacial score (nSPS) is 21.6. The van der Waals surface area contributed by atoms with Gasteiger partial charge in [-0.2, -0.15) is 0 Å². The molecule has 0 spiro atoms. The van der Waals surface area contributed by atoms with E-state index in [1.165, 1.54) is 18.5 Å². The van der Waals surface area contributed by atoms with Crippen molar-refractivity contribution in [3.8, 4) is 0 Å². The van der Waals surface area contributed by atoms with Crippen molar-refractivity contribution < 1.29 is 9.90 Å². The minimum absolute atomic E-state index is 0.0847. The molecule has 1 saturated carbocycles. The van der Waals surface area contributed by atoms with E-state index in [0.29, 0.717) is 12.6 Å². The molecule has 0 unspecified atom stereocenters. The number of aliphatic hydroxyl groups excluding tert-OH is 1. The van der Waals surface area contributed by atoms with Crippen molar-refractivity contribution in [3.63, 3.8) is 0 Å². The fraction of sp³-hybridized carbons (Fsp3) is 0.737. The highest BCUT2D eigenvalue weighted by molar-refractivity contribution is 5.99. The van der Waals surface area contributed by atoms with Crippen LogP contribution in [0.5, 0.6) is 0 Å². The van der Waals surface area contributed by atoms with E-state index in [0.717, 1.165) is 43.6 Å². The van der Waals surface area contributed by atoms with E-state index in [9.17, 15) is 9.90 Å². The first-order valence-electron chi connectivity index (χ1n) is 9.04. The predicted molar refractivity (Wildman–Crippen MR) is 92.0 cm³/mol. The van der Waals surface area contributed by atoms with Crippen LogP contribution in [-0.4, -0.2) is 46.6 Å². The summed E-state index contributed by atoms with van der Waals surface area (Å²) in [7, 11) is 0. The van der Waals surface area contributed by atoms with Crippen LogP contribution >= 0.6 is 0 Å². The Morgan fingerprint density at radius 3 is 2.48 bits per heavy atom. The highest BCUT2D eigenvalue weighted by Crippen LogP contribution is 2.38. The van der Waals surface area contributed by atoms with Crippen LogP contribution in [0, 0.1) is 19.3 Å². The Kier molecular flexibility index (Phi) is 4.65. The fourth-order valence-corrected chi connectivity index (χ4v) is 4.05. The van der Waals surface area contributed by atoms with Gasteiger partial charge in [-0.15, -0.1) is 0 Å². The molecule has 1 aliphatic heterocycles. The maximum absolute atomic E-state index is 12.7. The molecule has 0 aromatic carbocycles. The molecule has 1 aromatic rings. The van der Waals surface area contributed by atoms with Crippen LogP contribution in [0.1, 0.15) is 66.8 Å². The summed E-state index contributed by atoms with van der Waals surface area (Å²) in [5.74, 6) is 0.248. The number of piperidine rings is 1. The van der Waals surface area contributed by atoms with Crippen molar-refractivity contribution in [3.05, 3.63) is 23.0 Å². The summed E-state index contributed by atoms with van der Waals surface area (Å²) < 4.78 is 2.34. The first kappa shape index (κ1) is 16.7. The molecule has 0 bridgehead atoms. The zero-order valence-electron chi connectivity index (χ0n) is 14.8. The number of ketones is 1. The van der Waals surface area contributed by atoms with Gasteiger partial charge >= 0.3 is 0 Å². The smallest absolute Gasteiger partial charge is 0.178 e. The quantitative estimate of drug-likeness (QED) is 0.820. The van der Waals surface area contributed by atoms with Crippen LogP contribution in [0.3, 0.4) is 0 Å². The van der Waals surface area contributed by atoms with E-state index in [-0.39, 0.29) is 17.8 Å². The van der Waals surface area contributed by atoms with Crippen molar-refractivity contribution in [2.75, 3.05) is 26.2 Å². The third-order valence-corrected chi connectivity index (χ3v) is 6.07. The number of aliphatic hydroxyl groups is 1. The highest BCUT2D eigenvalue weighted by atomic mass is 16.3. The number of nitrogens with zero attached hydrogens (tertiary/aromatic N) is 2. The Labute approximate surface area is 139 Å². The molecule has 128 valence electrons. The second-order valence-corrected chi connectivity index (χ2v) is 7.60. The Morgan fingerprint density at radius 2 is 1.96 bits per heavy atom. The average molecular weight is 318 g/mol. The number of Topliss-reactive ketones (excluding diaryl/α,β-unsaturated/α-hetero) is 1. The molecule has 0 amide bonds. The van der Waals surface area contributed by atoms with E-state index in [1.54, 1.807) is 0 Å². The molecule has 1 aliphatic carbocycles. The van der Waals surface area contributed by atoms with Crippen LogP contribution in [0.15, 0.2) is 6.07 Å². The monoisotopic (exact) mass is 318 g/mol. The third-order valence-electron chi connectivity index (χ3n) is 6.07. The summed E-state index contributed by atoms with van der Waals surface area (Å²) >= 11 is 0. The molecule has 2 fully saturated rings. The van der Waals surface area contributed by atoms with Crippen LogP contribution < -0.4 is 0 Å². The predicted octanol–water partition coefficient (Wildman–Crippen LogP) is 3.11. The molecule has 23 heavy (non-hydrogen) atoms. The van der Waals surface area contributed by atoms with Crippen molar-refractivity contribution in [1.82, 2.24) is 9.47 Å². The van der Waals surface area contributed by atoms with Crippen molar-refractivity contribution in [1.29, 1.82) is 0 Å². The number of carbonyl (C=O) groups is 1. The van der Waals surface area contributed by atoms with Crippen molar-refractivity contribution >= 4 is 5.78 Å². The van der Waals surface area contributed by atoms with Gasteiger partial charge in [0.15, 0.2) is 5.78 Å². The van der Waals surface area contributed by atoms with Gasteiger partial charge in [-0.05, 0) is 70.5 Å². The molecule has 4 nitrogen and oxygen atoms in total. The van der Waals surface area contributed by atoms with E-state index in [4.69, 9.17) is 0 Å². The standard InChI is InChI=1S/C19H30N2O2/c1-4-19(13-22)7-9-20(10-8-19)12-18(23)17-11-14(2)21(15(17)3)16-5-6-16/h11,16,22H,4-10,12-13H2,1-3H3. The summed E-state index contributed by atoms with van der Waals surface area (Å²) in [6.07, 6.45) is 5.50. The molecule has 2 aliphatic rings. The van der Waals surface area contributed by atoms with Crippen LogP contribution in [-0.2, 0) is 0 Å². The summed E-state index contributed by atoms with van der Waals surface area (Å²) in [5, 5.41) is 9.63. The fourth-order valence-electron chi connectivity index (χ4n) is 4.05. The van der Waals surface area contributed by atoms with Crippen LogP contribution in [0.2, 0.25) is 0 Å². The zero-order chi connectivity index (χ0) is 16.6. The van der Waals surface area contributed by atoms with Gasteiger partial charge < -0.3 is 9.67 Å². The number of aryl methyl sites for hydroxylation is 1. The molecule has 1 saturated heterocycles. The number of rotatable bonds is 6. The molecular weight excluding hydrogens is 288 g/mol. The Bertz CT molecular complexity index is 572. The third kappa shape index (κ3) is 3.24. The lowest BCUT2D eigenvalue weighted by Crippen LogP contribution is -2.43. The first-order chi connectivity index (χ1) is 11.0. The maximum Gasteiger partial charge on any atom is 0.178 e. The largest absolute Gasteiger partial charge is 0.396 e. The average Bonchev–Trinajstić information content (AvgIpc) is 3.34. The molecule has 0 atom stereocenters. The topological polar surface area (TPSA) is 45.5 Å². The summed E-state index contributed by atoms with van der Waals surface area (Å²) in [6.45, 7) is 8.98. The first-order valence-corrected chi connectivity index (χ1v) is 9.04. The number of likely N-dealkylation sites (tertiary alicyclic amines) is 1.